The second-order valence-corrected chi connectivity index (χ2v) is 8.91. The van der Waals surface area contributed by atoms with Crippen LogP contribution in [0.4, 0.5) is 0 Å². The van der Waals surface area contributed by atoms with E-state index in [-0.39, 0.29) is 0 Å². The summed E-state index contributed by atoms with van der Waals surface area (Å²) in [5.41, 5.74) is 6.12. The van der Waals surface area contributed by atoms with Crippen LogP contribution in [-0.2, 0) is 0 Å². The molecule has 0 aromatic heterocycles. The molecule has 2 saturated carbocycles. The second kappa shape index (κ2) is 8.56. The molecule has 0 heterocycles. The van der Waals surface area contributed by atoms with Gasteiger partial charge < -0.3 is 0 Å². The summed E-state index contributed by atoms with van der Waals surface area (Å²) in [6.07, 6.45) is 17.9. The molecule has 0 aliphatic heterocycles. The van der Waals surface area contributed by atoms with E-state index in [1.165, 1.54) is 68.9 Å². The van der Waals surface area contributed by atoms with Crippen LogP contribution in [-0.4, -0.2) is 0 Å². The fourth-order valence-electron chi connectivity index (χ4n) is 5.15. The number of hydrogen-bond acceptors (Lipinski definition) is 0. The monoisotopic (exact) mass is 338 g/mol. The smallest absolute Gasteiger partial charge is 0.0159 e. The van der Waals surface area contributed by atoms with Crippen molar-refractivity contribution in [2.24, 2.45) is 17.8 Å². The first-order valence-corrected chi connectivity index (χ1v) is 10.8. The van der Waals surface area contributed by atoms with Crippen molar-refractivity contribution in [3.8, 4) is 0 Å². The summed E-state index contributed by atoms with van der Waals surface area (Å²) in [5, 5.41) is 0. The van der Waals surface area contributed by atoms with Crippen molar-refractivity contribution in [3.05, 3.63) is 46.5 Å². The van der Waals surface area contributed by atoms with E-state index >= 15 is 0 Å². The summed E-state index contributed by atoms with van der Waals surface area (Å²) in [5.74, 6) is 3.53. The zero-order chi connectivity index (χ0) is 17.8. The predicted molar refractivity (Wildman–Crippen MR) is 110 cm³/mol. The SMILES string of the molecule is CCC1CCC(/C=C/C2CCC(c3ccc(C)c(C)c3C)CC2)CC1. The van der Waals surface area contributed by atoms with Crippen molar-refractivity contribution in [3.63, 3.8) is 0 Å². The van der Waals surface area contributed by atoms with E-state index in [1.807, 2.05) is 0 Å². The Morgan fingerprint density at radius 1 is 0.760 bits per heavy atom. The minimum absolute atomic E-state index is 0.795. The van der Waals surface area contributed by atoms with E-state index in [0.29, 0.717) is 0 Å². The molecule has 0 amide bonds. The maximum atomic E-state index is 2.60. The Bertz CT molecular complexity index is 578. The van der Waals surface area contributed by atoms with E-state index in [2.05, 4.69) is 52.0 Å². The van der Waals surface area contributed by atoms with Gasteiger partial charge in [-0.2, -0.15) is 0 Å². The zero-order valence-corrected chi connectivity index (χ0v) is 17.0. The summed E-state index contributed by atoms with van der Waals surface area (Å²) < 4.78 is 0. The van der Waals surface area contributed by atoms with Crippen LogP contribution in [0.5, 0.6) is 0 Å². The van der Waals surface area contributed by atoms with Crippen molar-refractivity contribution in [1.82, 2.24) is 0 Å². The molecule has 0 unspecified atom stereocenters. The van der Waals surface area contributed by atoms with Gasteiger partial charge in [0.05, 0.1) is 0 Å². The molecule has 2 aliphatic carbocycles. The summed E-state index contributed by atoms with van der Waals surface area (Å²) in [6, 6.07) is 4.74. The zero-order valence-electron chi connectivity index (χ0n) is 17.0. The van der Waals surface area contributed by atoms with Gasteiger partial charge in [0.15, 0.2) is 0 Å². The van der Waals surface area contributed by atoms with Gasteiger partial charge in [0.2, 0.25) is 0 Å². The molecular formula is C25H38. The van der Waals surface area contributed by atoms with Gasteiger partial charge in [-0.15, -0.1) is 0 Å². The molecule has 0 nitrogen and oxygen atoms in total. The lowest BCUT2D eigenvalue weighted by atomic mass is 9.75. The third-order valence-electron chi connectivity index (χ3n) is 7.44. The first kappa shape index (κ1) is 18.7. The first-order valence-electron chi connectivity index (χ1n) is 10.8. The van der Waals surface area contributed by atoms with Crippen molar-refractivity contribution in [2.45, 2.75) is 91.4 Å². The Labute approximate surface area is 156 Å². The number of hydrogen-bond donors (Lipinski definition) is 0. The highest BCUT2D eigenvalue weighted by molar-refractivity contribution is 5.40. The minimum atomic E-state index is 0.795. The number of aryl methyl sites for hydroxylation is 1. The molecule has 3 rings (SSSR count). The number of allylic oxidation sites excluding steroid dienone is 2. The van der Waals surface area contributed by atoms with Crippen LogP contribution in [0.1, 0.15) is 92.9 Å². The van der Waals surface area contributed by atoms with E-state index in [9.17, 15) is 0 Å². The Morgan fingerprint density at radius 3 is 1.88 bits per heavy atom. The third kappa shape index (κ3) is 4.57. The Hall–Kier alpha value is -1.04. The topological polar surface area (TPSA) is 0 Å². The van der Waals surface area contributed by atoms with E-state index < -0.39 is 0 Å². The molecule has 0 atom stereocenters. The van der Waals surface area contributed by atoms with Gasteiger partial charge in [-0.3, -0.25) is 0 Å². The minimum Gasteiger partial charge on any atom is -0.0851 e. The summed E-state index contributed by atoms with van der Waals surface area (Å²) in [4.78, 5) is 0. The Balaban J connectivity index is 1.51. The summed E-state index contributed by atoms with van der Waals surface area (Å²) in [7, 11) is 0. The maximum absolute atomic E-state index is 2.60. The van der Waals surface area contributed by atoms with Gasteiger partial charge in [0, 0.05) is 0 Å². The second-order valence-electron chi connectivity index (χ2n) is 8.91. The maximum Gasteiger partial charge on any atom is -0.0159 e. The molecule has 138 valence electrons. The largest absolute Gasteiger partial charge is 0.0851 e. The normalized spacial score (nSPS) is 30.7. The third-order valence-corrected chi connectivity index (χ3v) is 7.44. The highest BCUT2D eigenvalue weighted by Gasteiger charge is 2.23. The Kier molecular flexibility index (Phi) is 6.42. The van der Waals surface area contributed by atoms with Gasteiger partial charge in [-0.25, -0.2) is 0 Å². The molecule has 25 heavy (non-hydrogen) atoms. The van der Waals surface area contributed by atoms with Crippen LogP contribution in [0.3, 0.4) is 0 Å². The molecule has 1 aromatic rings. The van der Waals surface area contributed by atoms with Crippen molar-refractivity contribution >= 4 is 0 Å². The van der Waals surface area contributed by atoms with Crippen LogP contribution in [0.2, 0.25) is 0 Å². The molecule has 1 aromatic carbocycles. The molecule has 0 bridgehead atoms. The summed E-state index contributed by atoms with van der Waals surface area (Å²) >= 11 is 0. The van der Waals surface area contributed by atoms with Crippen LogP contribution >= 0.6 is 0 Å². The predicted octanol–water partition coefficient (Wildman–Crippen LogP) is 7.66. The highest BCUT2D eigenvalue weighted by Crippen LogP contribution is 2.39. The van der Waals surface area contributed by atoms with Gasteiger partial charge in [0.1, 0.15) is 0 Å². The standard InChI is InChI=1S/C25H38/c1-5-21-7-9-22(10-8-21)11-12-23-13-15-24(16-14-23)25-17-6-18(2)19(3)20(25)4/h6,11-12,17,21-24H,5,7-10,13-16H2,1-4H3/b12-11+. The average Bonchev–Trinajstić information content (AvgIpc) is 2.65. The van der Waals surface area contributed by atoms with Crippen LogP contribution in [0.25, 0.3) is 0 Å². The molecular weight excluding hydrogens is 300 g/mol. The molecule has 0 saturated heterocycles. The van der Waals surface area contributed by atoms with Crippen LogP contribution < -0.4 is 0 Å². The van der Waals surface area contributed by atoms with Crippen LogP contribution in [0.15, 0.2) is 24.3 Å². The van der Waals surface area contributed by atoms with Crippen molar-refractivity contribution in [2.75, 3.05) is 0 Å². The fourth-order valence-corrected chi connectivity index (χ4v) is 5.15. The molecule has 2 aliphatic rings. The molecule has 2 fully saturated rings. The lowest BCUT2D eigenvalue weighted by molar-refractivity contribution is 0.301. The fraction of sp³-hybridized carbons (Fsp3) is 0.680. The van der Waals surface area contributed by atoms with Crippen molar-refractivity contribution < 1.29 is 0 Å². The lowest BCUT2D eigenvalue weighted by Gasteiger charge is -2.30. The quantitative estimate of drug-likeness (QED) is 0.494. The summed E-state index contributed by atoms with van der Waals surface area (Å²) in [6.45, 7) is 9.21. The van der Waals surface area contributed by atoms with E-state index in [0.717, 1.165) is 23.7 Å². The first-order chi connectivity index (χ1) is 12.1. The Morgan fingerprint density at radius 2 is 1.32 bits per heavy atom. The van der Waals surface area contributed by atoms with E-state index in [1.54, 1.807) is 11.1 Å². The van der Waals surface area contributed by atoms with Gasteiger partial charge >= 0.3 is 0 Å². The molecule has 0 spiro atoms. The molecule has 0 N–H and O–H groups in total. The number of benzene rings is 1. The molecule has 0 radical (unpaired) electrons. The lowest BCUT2D eigenvalue weighted by Crippen LogP contribution is -2.15. The highest BCUT2D eigenvalue weighted by atomic mass is 14.3. The van der Waals surface area contributed by atoms with Gasteiger partial charge in [-0.05, 0) is 118 Å². The number of rotatable bonds is 4. The van der Waals surface area contributed by atoms with Crippen LogP contribution in [0, 0.1) is 38.5 Å². The van der Waals surface area contributed by atoms with E-state index in [4.69, 9.17) is 0 Å². The van der Waals surface area contributed by atoms with Crippen molar-refractivity contribution in [1.29, 1.82) is 0 Å². The average molecular weight is 339 g/mol. The van der Waals surface area contributed by atoms with Gasteiger partial charge in [-0.1, -0.05) is 37.6 Å². The molecule has 0 heteroatoms. The van der Waals surface area contributed by atoms with Gasteiger partial charge in [0.25, 0.3) is 0 Å².